The van der Waals surface area contributed by atoms with Gasteiger partial charge in [0.15, 0.2) is 5.69 Å². The fourth-order valence-electron chi connectivity index (χ4n) is 1.75. The second-order valence-electron chi connectivity index (χ2n) is 3.85. The van der Waals surface area contributed by atoms with Gasteiger partial charge in [-0.05, 0) is 6.07 Å². The molecule has 0 unspecified atom stereocenters. The van der Waals surface area contributed by atoms with Gasteiger partial charge in [-0.25, -0.2) is 9.18 Å². The minimum Gasteiger partial charge on any atom is -0.507 e. The van der Waals surface area contributed by atoms with Crippen LogP contribution in [0, 0.1) is 5.82 Å². The Kier molecular flexibility index (Phi) is 3.12. The number of carbonyl (C=O) groups is 1. The van der Waals surface area contributed by atoms with Crippen LogP contribution in [0.25, 0.3) is 11.3 Å². The summed E-state index contributed by atoms with van der Waals surface area (Å²) in [6.45, 7) is 0. The predicted molar refractivity (Wildman–Crippen MR) is 63.8 cm³/mol. The molecule has 6 nitrogen and oxygen atoms in total. The van der Waals surface area contributed by atoms with Crippen LogP contribution < -0.4 is 4.74 Å². The first-order valence-corrected chi connectivity index (χ1v) is 5.28. The van der Waals surface area contributed by atoms with E-state index in [1.54, 1.807) is 0 Å². The number of ether oxygens (including phenoxy) is 1. The number of phenols is 1. The van der Waals surface area contributed by atoms with E-state index in [9.17, 15) is 14.3 Å². The van der Waals surface area contributed by atoms with Crippen molar-refractivity contribution in [2.75, 3.05) is 7.11 Å². The summed E-state index contributed by atoms with van der Waals surface area (Å²) in [6, 6.07) is 3.53. The number of carboxylic acids is 1. The van der Waals surface area contributed by atoms with Crippen LogP contribution in [0.4, 0.5) is 4.39 Å². The second kappa shape index (κ2) is 4.60. The van der Waals surface area contributed by atoms with Gasteiger partial charge in [-0.2, -0.15) is 5.10 Å². The van der Waals surface area contributed by atoms with Crippen molar-refractivity contribution in [2.45, 2.75) is 0 Å². The Bertz CT molecular complexity index is 628. The molecule has 2 N–H and O–H groups in total. The quantitative estimate of drug-likeness (QED) is 0.882. The van der Waals surface area contributed by atoms with Gasteiger partial charge >= 0.3 is 5.97 Å². The number of halogens is 1. The van der Waals surface area contributed by atoms with Crippen molar-refractivity contribution < 1.29 is 24.1 Å². The lowest BCUT2D eigenvalue weighted by atomic mass is 10.1. The number of aromatic nitrogens is 2. The van der Waals surface area contributed by atoms with Crippen molar-refractivity contribution in [3.63, 3.8) is 0 Å². The number of phenolic OH excluding ortho intramolecular Hbond substituents is 1. The highest BCUT2D eigenvalue weighted by atomic mass is 19.1. The lowest BCUT2D eigenvalue weighted by Crippen LogP contribution is -1.99. The zero-order chi connectivity index (χ0) is 14.2. The first-order valence-electron chi connectivity index (χ1n) is 5.28. The molecule has 1 aromatic carbocycles. The fraction of sp³-hybridized carbons (Fsp3) is 0.167. The van der Waals surface area contributed by atoms with E-state index in [0.717, 1.165) is 6.07 Å². The third-order valence-corrected chi connectivity index (χ3v) is 2.63. The zero-order valence-corrected chi connectivity index (χ0v) is 10.2. The highest BCUT2D eigenvalue weighted by Crippen LogP contribution is 2.35. The van der Waals surface area contributed by atoms with Gasteiger partial charge in [0.1, 0.15) is 17.3 Å². The summed E-state index contributed by atoms with van der Waals surface area (Å²) < 4.78 is 20.0. The van der Waals surface area contributed by atoms with Gasteiger partial charge in [0.2, 0.25) is 0 Å². The zero-order valence-electron chi connectivity index (χ0n) is 10.2. The molecule has 0 saturated carbocycles. The molecule has 19 heavy (non-hydrogen) atoms. The molecule has 1 aromatic heterocycles. The summed E-state index contributed by atoms with van der Waals surface area (Å²) >= 11 is 0. The molecule has 0 aliphatic carbocycles. The molecule has 0 aliphatic heterocycles. The summed E-state index contributed by atoms with van der Waals surface area (Å²) in [4.78, 5) is 10.8. The minimum atomic E-state index is -1.23. The van der Waals surface area contributed by atoms with Gasteiger partial charge in [-0.1, -0.05) is 0 Å². The molecular formula is C12H11FN2O4. The van der Waals surface area contributed by atoms with Gasteiger partial charge in [0.25, 0.3) is 0 Å². The van der Waals surface area contributed by atoms with Crippen molar-refractivity contribution in [3.8, 4) is 22.8 Å². The molecule has 0 fully saturated rings. The first-order chi connectivity index (χ1) is 8.93. The number of methoxy groups -OCH3 is 1. The number of aryl methyl sites for hydroxylation is 1. The summed E-state index contributed by atoms with van der Waals surface area (Å²) in [5.41, 5.74) is -0.189. The van der Waals surface area contributed by atoms with Gasteiger partial charge in [0, 0.05) is 19.2 Å². The van der Waals surface area contributed by atoms with Crippen LogP contribution in [0.3, 0.4) is 0 Å². The van der Waals surface area contributed by atoms with Gasteiger partial charge in [-0.3, -0.25) is 4.68 Å². The fourth-order valence-corrected chi connectivity index (χ4v) is 1.75. The van der Waals surface area contributed by atoms with Crippen molar-refractivity contribution >= 4 is 5.97 Å². The van der Waals surface area contributed by atoms with Crippen molar-refractivity contribution in [3.05, 3.63) is 29.7 Å². The Balaban J connectivity index is 2.62. The summed E-state index contributed by atoms with van der Waals surface area (Å²) in [6.07, 6.45) is 0. The maximum absolute atomic E-state index is 13.9. The molecular weight excluding hydrogens is 255 g/mol. The van der Waals surface area contributed by atoms with E-state index in [-0.39, 0.29) is 28.5 Å². The Hall–Kier alpha value is -2.57. The molecule has 2 aromatic rings. The molecule has 0 bridgehead atoms. The van der Waals surface area contributed by atoms with Crippen LogP contribution in [0.5, 0.6) is 11.5 Å². The number of carboxylic acid groups (broad SMARTS) is 1. The molecule has 1 heterocycles. The molecule has 0 spiro atoms. The highest BCUT2D eigenvalue weighted by molar-refractivity contribution is 5.87. The topological polar surface area (TPSA) is 84.6 Å². The summed E-state index contributed by atoms with van der Waals surface area (Å²) in [7, 11) is 2.81. The maximum Gasteiger partial charge on any atom is 0.356 e. The first kappa shape index (κ1) is 12.9. The van der Waals surface area contributed by atoms with Crippen LogP contribution >= 0.6 is 0 Å². The van der Waals surface area contributed by atoms with Crippen LogP contribution in [-0.2, 0) is 7.05 Å². The van der Waals surface area contributed by atoms with E-state index < -0.39 is 11.8 Å². The lowest BCUT2D eigenvalue weighted by molar-refractivity contribution is 0.0689. The van der Waals surface area contributed by atoms with E-state index >= 15 is 0 Å². The smallest absolute Gasteiger partial charge is 0.356 e. The standard InChI is InChI=1S/C12H11FN2O4/c1-15-9(5-8(14-15)12(17)18)11-7(13)3-6(19-2)4-10(11)16/h3-5,16H,1-2H3,(H,17,18). The SMILES string of the molecule is COc1cc(O)c(-c2cc(C(=O)O)nn2C)c(F)c1. The number of aromatic hydroxyl groups is 1. The molecule has 0 atom stereocenters. The number of nitrogens with zero attached hydrogens (tertiary/aromatic N) is 2. The lowest BCUT2D eigenvalue weighted by Gasteiger charge is -2.08. The number of benzene rings is 1. The third kappa shape index (κ3) is 2.22. The average molecular weight is 266 g/mol. The molecule has 0 saturated heterocycles. The minimum absolute atomic E-state index is 0.122. The Morgan fingerprint density at radius 2 is 2.11 bits per heavy atom. The Morgan fingerprint density at radius 3 is 2.58 bits per heavy atom. The predicted octanol–water partition coefficient (Wildman–Crippen LogP) is 1.64. The van der Waals surface area contributed by atoms with E-state index in [1.165, 1.54) is 31.0 Å². The van der Waals surface area contributed by atoms with Crippen LogP contribution in [-0.4, -0.2) is 33.1 Å². The molecule has 100 valence electrons. The second-order valence-corrected chi connectivity index (χ2v) is 3.85. The highest BCUT2D eigenvalue weighted by Gasteiger charge is 2.19. The number of hydrogen-bond acceptors (Lipinski definition) is 4. The maximum atomic E-state index is 13.9. The average Bonchev–Trinajstić information content (AvgIpc) is 2.71. The number of aromatic carboxylic acids is 1. The summed E-state index contributed by atoms with van der Waals surface area (Å²) in [5, 5.41) is 22.4. The molecule has 7 heteroatoms. The van der Waals surface area contributed by atoms with Crippen LogP contribution in [0.2, 0.25) is 0 Å². The molecule has 0 amide bonds. The van der Waals surface area contributed by atoms with E-state index in [1.807, 2.05) is 0 Å². The van der Waals surface area contributed by atoms with Crippen LogP contribution in [0.1, 0.15) is 10.5 Å². The van der Waals surface area contributed by atoms with Gasteiger partial charge < -0.3 is 14.9 Å². The molecule has 0 radical (unpaired) electrons. The number of hydrogen-bond donors (Lipinski definition) is 2. The van der Waals surface area contributed by atoms with Gasteiger partial charge in [0.05, 0.1) is 18.4 Å². The van der Waals surface area contributed by atoms with Crippen molar-refractivity contribution in [2.24, 2.45) is 7.05 Å². The Morgan fingerprint density at radius 1 is 1.42 bits per heavy atom. The van der Waals surface area contributed by atoms with Gasteiger partial charge in [-0.15, -0.1) is 0 Å². The monoisotopic (exact) mass is 266 g/mol. The normalized spacial score (nSPS) is 10.5. The largest absolute Gasteiger partial charge is 0.507 e. The van der Waals surface area contributed by atoms with E-state index in [0.29, 0.717) is 0 Å². The van der Waals surface area contributed by atoms with E-state index in [2.05, 4.69) is 5.10 Å². The van der Waals surface area contributed by atoms with Crippen LogP contribution in [0.15, 0.2) is 18.2 Å². The van der Waals surface area contributed by atoms with Crippen molar-refractivity contribution in [1.82, 2.24) is 9.78 Å². The van der Waals surface area contributed by atoms with E-state index in [4.69, 9.17) is 9.84 Å². The number of rotatable bonds is 3. The summed E-state index contributed by atoms with van der Waals surface area (Å²) in [5.74, 6) is -2.14. The Labute approximate surface area is 107 Å². The molecule has 0 aliphatic rings. The molecule has 2 rings (SSSR count). The third-order valence-electron chi connectivity index (χ3n) is 2.63. The van der Waals surface area contributed by atoms with Crippen molar-refractivity contribution in [1.29, 1.82) is 0 Å².